The molecular formula is C75H141NO13. The maximum atomic E-state index is 13.3. The summed E-state index contributed by atoms with van der Waals surface area (Å²) in [7, 11) is 0. The second kappa shape index (κ2) is 59.9. The number of hydrogen-bond acceptors (Lipinski definition) is 13. The molecule has 524 valence electrons. The number of rotatable bonds is 63. The Morgan fingerprint density at radius 1 is 0.393 bits per heavy atom. The van der Waals surface area contributed by atoms with E-state index in [1.54, 1.807) is 6.08 Å². The summed E-state index contributed by atoms with van der Waals surface area (Å²) >= 11 is 0. The first-order valence-electron chi connectivity index (χ1n) is 37.7. The van der Waals surface area contributed by atoms with Crippen molar-refractivity contribution in [3.8, 4) is 0 Å². The topological polar surface area (TPSA) is 228 Å². The van der Waals surface area contributed by atoms with Crippen LogP contribution < -0.4 is 5.32 Å². The number of allylic oxidation sites excluding steroid dienone is 5. The zero-order valence-corrected chi connectivity index (χ0v) is 57.2. The van der Waals surface area contributed by atoms with Gasteiger partial charge in [-0.25, -0.2) is 0 Å². The van der Waals surface area contributed by atoms with Gasteiger partial charge in [0.1, 0.15) is 48.8 Å². The number of amides is 1. The molecule has 0 spiro atoms. The zero-order chi connectivity index (χ0) is 64.5. The van der Waals surface area contributed by atoms with Crippen LogP contribution in [-0.4, -0.2) is 140 Å². The third kappa shape index (κ3) is 43.7. The highest BCUT2D eigenvalue weighted by molar-refractivity contribution is 5.76. The van der Waals surface area contributed by atoms with E-state index in [9.17, 15) is 45.6 Å². The van der Waals surface area contributed by atoms with E-state index in [0.717, 1.165) is 44.9 Å². The maximum Gasteiger partial charge on any atom is 0.220 e. The van der Waals surface area contributed by atoms with Crippen molar-refractivity contribution in [2.24, 2.45) is 0 Å². The number of hydrogen-bond donors (Lipinski definition) is 9. The van der Waals surface area contributed by atoms with Crippen molar-refractivity contribution < 1.29 is 64.6 Å². The molecule has 2 aliphatic heterocycles. The fraction of sp³-hybridized carbons (Fsp3) is 0.907. The van der Waals surface area contributed by atoms with Gasteiger partial charge in [0.05, 0.1) is 32.0 Å². The van der Waals surface area contributed by atoms with Gasteiger partial charge in [0, 0.05) is 6.42 Å². The van der Waals surface area contributed by atoms with E-state index < -0.39 is 86.8 Å². The highest BCUT2D eigenvalue weighted by Gasteiger charge is 2.51. The van der Waals surface area contributed by atoms with Gasteiger partial charge >= 0.3 is 0 Å². The summed E-state index contributed by atoms with van der Waals surface area (Å²) in [6.07, 6.45) is 60.8. The summed E-state index contributed by atoms with van der Waals surface area (Å²) < 4.78 is 22.9. The number of carbonyl (C=O) groups is 1. The number of ether oxygens (including phenoxy) is 4. The van der Waals surface area contributed by atoms with Crippen LogP contribution in [0, 0.1) is 0 Å². The SMILES string of the molecule is CCCCCCCCCCCCCCCCC/C=C/CC/C=C/CC/C=C/C(O)C(COC1OC(CO)C(OC2OC(CO)C(O)C(O)C2O)C(O)C1O)NC(=O)CCCCCCCCCCCCCCCCCCCCCCCCCCCCCCCC. The van der Waals surface area contributed by atoms with Crippen molar-refractivity contribution in [1.82, 2.24) is 5.32 Å². The smallest absolute Gasteiger partial charge is 0.220 e. The average molecular weight is 1260 g/mol. The number of aliphatic hydroxyl groups is 8. The van der Waals surface area contributed by atoms with Gasteiger partial charge in [-0.3, -0.25) is 4.79 Å². The van der Waals surface area contributed by atoms with Crippen LogP contribution in [-0.2, 0) is 23.7 Å². The molecule has 12 atom stereocenters. The van der Waals surface area contributed by atoms with E-state index in [-0.39, 0.29) is 18.9 Å². The lowest BCUT2D eigenvalue weighted by molar-refractivity contribution is -0.359. The van der Waals surface area contributed by atoms with Gasteiger partial charge < -0.3 is 65.1 Å². The minimum Gasteiger partial charge on any atom is -0.394 e. The first-order chi connectivity index (χ1) is 43.6. The Morgan fingerprint density at radius 2 is 0.719 bits per heavy atom. The summed E-state index contributed by atoms with van der Waals surface area (Å²) in [5.41, 5.74) is 0. The third-order valence-electron chi connectivity index (χ3n) is 18.6. The molecule has 0 aromatic rings. The van der Waals surface area contributed by atoms with Crippen LogP contribution in [0.4, 0.5) is 0 Å². The van der Waals surface area contributed by atoms with E-state index in [4.69, 9.17) is 18.9 Å². The Bertz CT molecular complexity index is 1630. The zero-order valence-electron chi connectivity index (χ0n) is 57.2. The summed E-state index contributed by atoms with van der Waals surface area (Å²) in [5.74, 6) is -0.246. The summed E-state index contributed by atoms with van der Waals surface area (Å²) in [6, 6.07) is -0.937. The number of aliphatic hydroxyl groups excluding tert-OH is 8. The lowest BCUT2D eigenvalue weighted by Crippen LogP contribution is -2.65. The van der Waals surface area contributed by atoms with Gasteiger partial charge in [0.25, 0.3) is 0 Å². The van der Waals surface area contributed by atoms with Gasteiger partial charge in [-0.1, -0.05) is 326 Å². The van der Waals surface area contributed by atoms with Gasteiger partial charge in [-0.05, 0) is 44.9 Å². The van der Waals surface area contributed by atoms with E-state index in [0.29, 0.717) is 12.8 Å². The highest BCUT2D eigenvalue weighted by atomic mass is 16.7. The molecule has 2 fully saturated rings. The van der Waals surface area contributed by atoms with Crippen molar-refractivity contribution in [2.45, 2.75) is 415 Å². The van der Waals surface area contributed by atoms with E-state index >= 15 is 0 Å². The molecule has 0 saturated carbocycles. The Hall–Kier alpha value is -1.79. The molecule has 14 heteroatoms. The van der Waals surface area contributed by atoms with Crippen molar-refractivity contribution in [2.75, 3.05) is 19.8 Å². The van der Waals surface area contributed by atoms with Gasteiger partial charge in [-0.2, -0.15) is 0 Å². The summed E-state index contributed by atoms with van der Waals surface area (Å²) in [5, 5.41) is 87.5. The first kappa shape index (κ1) is 83.3. The molecule has 0 aliphatic carbocycles. The van der Waals surface area contributed by atoms with Crippen molar-refractivity contribution in [3.05, 3.63) is 36.5 Å². The minimum atomic E-state index is -1.79. The second-order valence-electron chi connectivity index (χ2n) is 26.8. The van der Waals surface area contributed by atoms with Crippen LogP contribution in [0.1, 0.15) is 341 Å². The molecule has 0 bridgehead atoms. The maximum absolute atomic E-state index is 13.3. The molecule has 89 heavy (non-hydrogen) atoms. The molecule has 0 aromatic carbocycles. The summed E-state index contributed by atoms with van der Waals surface area (Å²) in [4.78, 5) is 13.3. The van der Waals surface area contributed by atoms with Gasteiger partial charge in [0.15, 0.2) is 12.6 Å². The monoisotopic (exact) mass is 1260 g/mol. The van der Waals surface area contributed by atoms with Gasteiger partial charge in [0.2, 0.25) is 5.91 Å². The van der Waals surface area contributed by atoms with Crippen LogP contribution in [0.3, 0.4) is 0 Å². The Morgan fingerprint density at radius 3 is 1.10 bits per heavy atom. The predicted molar refractivity (Wildman–Crippen MR) is 365 cm³/mol. The molecule has 2 aliphatic rings. The quantitative estimate of drug-likeness (QED) is 0.0204. The lowest BCUT2D eigenvalue weighted by Gasteiger charge is -2.46. The van der Waals surface area contributed by atoms with Crippen molar-refractivity contribution in [3.63, 3.8) is 0 Å². The van der Waals surface area contributed by atoms with E-state index in [1.165, 1.54) is 263 Å². The molecule has 12 unspecified atom stereocenters. The molecule has 1 amide bonds. The van der Waals surface area contributed by atoms with E-state index in [1.807, 2.05) is 6.08 Å². The Balaban J connectivity index is 1.66. The molecule has 2 rings (SSSR count). The number of unbranched alkanes of at least 4 members (excludes halogenated alkanes) is 46. The normalized spacial score (nSPS) is 23.2. The highest BCUT2D eigenvalue weighted by Crippen LogP contribution is 2.30. The fourth-order valence-electron chi connectivity index (χ4n) is 12.6. The van der Waals surface area contributed by atoms with E-state index in [2.05, 4.69) is 43.5 Å². The first-order valence-corrected chi connectivity index (χ1v) is 37.7. The largest absolute Gasteiger partial charge is 0.394 e. The van der Waals surface area contributed by atoms with Crippen molar-refractivity contribution >= 4 is 5.91 Å². The minimum absolute atomic E-state index is 0.246. The van der Waals surface area contributed by atoms with Crippen LogP contribution in [0.2, 0.25) is 0 Å². The molecule has 0 radical (unpaired) electrons. The van der Waals surface area contributed by atoms with Crippen LogP contribution in [0.25, 0.3) is 0 Å². The van der Waals surface area contributed by atoms with Crippen LogP contribution in [0.15, 0.2) is 36.5 Å². The third-order valence-corrected chi connectivity index (χ3v) is 18.6. The van der Waals surface area contributed by atoms with Gasteiger partial charge in [-0.15, -0.1) is 0 Å². The summed E-state index contributed by atoms with van der Waals surface area (Å²) in [6.45, 7) is 2.83. The average Bonchev–Trinajstić information content (AvgIpc) is 1.37. The van der Waals surface area contributed by atoms with Crippen molar-refractivity contribution in [1.29, 1.82) is 0 Å². The van der Waals surface area contributed by atoms with Crippen LogP contribution >= 0.6 is 0 Å². The molecule has 0 aromatic heterocycles. The Labute approximate surface area is 544 Å². The molecule has 2 heterocycles. The predicted octanol–water partition coefficient (Wildman–Crippen LogP) is 16.1. The molecule has 14 nitrogen and oxygen atoms in total. The van der Waals surface area contributed by atoms with Crippen LogP contribution in [0.5, 0.6) is 0 Å². The standard InChI is InChI=1S/C75H141NO13/c1-3-5-7-9-11-13-15-17-19-21-23-25-27-29-30-31-32-33-35-37-39-41-43-45-47-49-51-53-55-57-59-67(80)76-63(62-86-74-72(85)70(83)73(66(61-78)88-74)89-75-71(84)69(82)68(81)65(60-77)87-75)64(79)58-56-54-52-50-48-46-44-42-40-38-36-34-28-26-24-22-20-18-16-14-12-10-8-6-4-2/h40,42,48,50,56,58,63-66,68-75,77-79,81-85H,3-39,41,43-47,49,51-55,57,59-62H2,1-2H3,(H,76,80)/b42-40+,50-48+,58-56+. The number of nitrogens with one attached hydrogen (secondary N) is 1. The fourth-order valence-corrected chi connectivity index (χ4v) is 12.6. The molecular weight excluding hydrogens is 1120 g/mol. The molecule has 2 saturated heterocycles. The Kier molecular flexibility index (Phi) is 56.1. The molecule has 9 N–H and O–H groups in total. The second-order valence-corrected chi connectivity index (χ2v) is 26.8. The lowest BCUT2D eigenvalue weighted by atomic mass is 9.97. The number of carbonyl (C=O) groups excluding carboxylic acids is 1.